The van der Waals surface area contributed by atoms with Crippen molar-refractivity contribution in [3.8, 4) is 0 Å². The van der Waals surface area contributed by atoms with E-state index >= 15 is 0 Å². The first kappa shape index (κ1) is 8.84. The molecule has 0 saturated carbocycles. The molecule has 0 aliphatic rings. The smallest absolute Gasteiger partial charge is 0.162 e. The molecule has 1 unspecified atom stereocenters. The molecule has 1 N–H and O–H groups in total. The second-order valence-electron chi connectivity index (χ2n) is 0.0913. The van der Waals surface area contributed by atoms with Crippen LogP contribution in [0.4, 0.5) is 0 Å². The summed E-state index contributed by atoms with van der Waals surface area (Å²) >= 11 is 0. The van der Waals surface area contributed by atoms with E-state index in [4.69, 9.17) is 9.46 Å². The van der Waals surface area contributed by atoms with Crippen molar-refractivity contribution in [2.24, 2.45) is 0 Å². The first-order chi connectivity index (χ1) is 2.41. The van der Waals surface area contributed by atoms with Gasteiger partial charge >= 0.3 is 8.69 Å². The molecular formula is C2H6O2P+. The largest absolute Gasteiger partial charge is 0.491 e. The topological polar surface area (TPSA) is 37.3 Å². The summed E-state index contributed by atoms with van der Waals surface area (Å²) in [5.74, 6) is 0. The van der Waals surface area contributed by atoms with E-state index in [1.807, 2.05) is 0 Å². The van der Waals surface area contributed by atoms with E-state index in [0.717, 1.165) is 0 Å². The van der Waals surface area contributed by atoms with Gasteiger partial charge in [0.05, 0.1) is 0 Å². The Bertz CT molecular complexity index is 21.6. The van der Waals surface area contributed by atoms with E-state index < -0.39 is 8.69 Å². The molecular weight excluding hydrogens is 87.0 g/mol. The van der Waals surface area contributed by atoms with Gasteiger partial charge in [0.2, 0.25) is 0 Å². The van der Waals surface area contributed by atoms with Crippen LogP contribution in [0.2, 0.25) is 0 Å². The summed E-state index contributed by atoms with van der Waals surface area (Å²) in [4.78, 5) is 7.04. The van der Waals surface area contributed by atoms with Crippen LogP contribution in [-0.2, 0) is 4.57 Å². The molecule has 0 aromatic heterocycles. The molecule has 0 rings (SSSR count). The Kier molecular flexibility index (Phi) is 82.3. The molecule has 0 saturated heterocycles. The Morgan fingerprint density at radius 3 is 1.60 bits per heavy atom. The van der Waals surface area contributed by atoms with Crippen molar-refractivity contribution in [3.63, 3.8) is 0 Å². The van der Waals surface area contributed by atoms with Crippen LogP contribution in [-0.4, -0.2) is 4.89 Å². The molecule has 0 spiro atoms. The monoisotopic (exact) mass is 93.0 g/mol. The Morgan fingerprint density at radius 1 is 1.60 bits per heavy atom. The van der Waals surface area contributed by atoms with Gasteiger partial charge in [-0.2, -0.15) is 4.89 Å². The molecule has 0 aromatic rings. The van der Waals surface area contributed by atoms with Crippen LogP contribution in [0.3, 0.4) is 0 Å². The van der Waals surface area contributed by atoms with Crippen LogP contribution < -0.4 is 0 Å². The van der Waals surface area contributed by atoms with Gasteiger partial charge in [-0.05, 0) is 4.57 Å². The van der Waals surface area contributed by atoms with Gasteiger partial charge in [0.25, 0.3) is 0 Å². The zero-order valence-electron chi connectivity index (χ0n) is 2.77. The lowest BCUT2D eigenvalue weighted by Gasteiger charge is -1.08. The fourth-order valence-corrected chi connectivity index (χ4v) is 0. The fraction of sp³-hybridized carbons (Fsp3) is 0. The molecule has 5 heavy (non-hydrogen) atoms. The summed E-state index contributed by atoms with van der Waals surface area (Å²) in [6.07, 6.45) is 0. The van der Waals surface area contributed by atoms with Crippen LogP contribution in [0.15, 0.2) is 13.2 Å². The Hall–Kier alpha value is -0.200. The van der Waals surface area contributed by atoms with Crippen molar-refractivity contribution in [3.05, 3.63) is 13.2 Å². The van der Waals surface area contributed by atoms with Gasteiger partial charge in [-0.1, -0.05) is 0 Å². The molecule has 0 heterocycles. The van der Waals surface area contributed by atoms with Gasteiger partial charge < -0.3 is 0 Å². The third-order valence-electron chi connectivity index (χ3n) is 0. The molecule has 0 aliphatic carbocycles. The first-order valence-corrected chi connectivity index (χ1v) is 1.78. The highest BCUT2D eigenvalue weighted by Gasteiger charge is 1.45. The lowest BCUT2D eigenvalue weighted by molar-refractivity contribution is 0.524. The molecule has 1 atom stereocenters. The van der Waals surface area contributed by atoms with Crippen LogP contribution >= 0.6 is 8.69 Å². The minimum absolute atomic E-state index is 1.17. The Morgan fingerprint density at radius 2 is 1.60 bits per heavy atom. The van der Waals surface area contributed by atoms with Crippen LogP contribution in [0, 0.1) is 0 Å². The summed E-state index contributed by atoms with van der Waals surface area (Å²) in [7, 11) is -1.17. The maximum Gasteiger partial charge on any atom is 0.491 e. The number of hydrogen-bond acceptors (Lipinski definition) is 1. The minimum Gasteiger partial charge on any atom is -0.162 e. The fourth-order valence-electron chi connectivity index (χ4n) is 0. The molecule has 0 bridgehead atoms. The summed E-state index contributed by atoms with van der Waals surface area (Å²) in [5, 5.41) is 0. The van der Waals surface area contributed by atoms with Gasteiger partial charge in [0.1, 0.15) is 0 Å². The first-order valence-electron chi connectivity index (χ1n) is 0.928. The summed E-state index contributed by atoms with van der Waals surface area (Å²) in [5.41, 5.74) is 0. The molecule has 0 aromatic carbocycles. The zero-order valence-corrected chi connectivity index (χ0v) is 3.77. The molecule has 0 radical (unpaired) electrons. The highest BCUT2D eigenvalue weighted by Crippen LogP contribution is 1.66. The normalized spacial score (nSPS) is 5.00. The van der Waals surface area contributed by atoms with Gasteiger partial charge in [-0.25, -0.2) is 0 Å². The second-order valence-corrected chi connectivity index (χ2v) is 0.274. The zero-order chi connectivity index (χ0) is 4.71. The van der Waals surface area contributed by atoms with Crippen LogP contribution in [0.25, 0.3) is 0 Å². The Labute approximate surface area is 32.4 Å². The van der Waals surface area contributed by atoms with Gasteiger partial charge in [0.15, 0.2) is 0 Å². The summed E-state index contributed by atoms with van der Waals surface area (Å²) < 4.78 is 8.51. The van der Waals surface area contributed by atoms with Gasteiger partial charge in [0, 0.05) is 0 Å². The van der Waals surface area contributed by atoms with E-state index in [9.17, 15) is 0 Å². The predicted octanol–water partition coefficient (Wildman–Crippen LogP) is 0.720. The third kappa shape index (κ3) is 308. The number of rotatable bonds is 0. The van der Waals surface area contributed by atoms with Gasteiger partial charge in [-0.15, -0.1) is 13.2 Å². The van der Waals surface area contributed by atoms with E-state index in [1.54, 1.807) is 0 Å². The predicted molar refractivity (Wildman–Crippen MR) is 22.5 cm³/mol. The van der Waals surface area contributed by atoms with E-state index in [1.165, 1.54) is 0 Å². The average Bonchev–Trinajstić information content (AvgIpc) is 1.46. The van der Waals surface area contributed by atoms with Crippen molar-refractivity contribution >= 4 is 8.69 Å². The SMILES string of the molecule is C=C.O=[PH+]O. The molecule has 2 nitrogen and oxygen atoms in total. The summed E-state index contributed by atoms with van der Waals surface area (Å²) in [6, 6.07) is 0. The van der Waals surface area contributed by atoms with Gasteiger partial charge in [-0.3, -0.25) is 0 Å². The van der Waals surface area contributed by atoms with Crippen LogP contribution in [0.5, 0.6) is 0 Å². The summed E-state index contributed by atoms with van der Waals surface area (Å²) in [6.45, 7) is 6.00. The van der Waals surface area contributed by atoms with Crippen LogP contribution in [0.1, 0.15) is 0 Å². The van der Waals surface area contributed by atoms with Crippen molar-refractivity contribution < 1.29 is 9.46 Å². The van der Waals surface area contributed by atoms with Crippen molar-refractivity contribution in [1.82, 2.24) is 0 Å². The molecule has 0 aliphatic heterocycles. The van der Waals surface area contributed by atoms with Crippen molar-refractivity contribution in [2.45, 2.75) is 0 Å². The third-order valence-corrected chi connectivity index (χ3v) is 0. The lowest BCUT2D eigenvalue weighted by Crippen LogP contribution is -1.03. The van der Waals surface area contributed by atoms with Crippen molar-refractivity contribution in [1.29, 1.82) is 0 Å². The maximum atomic E-state index is 8.51. The maximum absolute atomic E-state index is 8.51. The molecule has 0 amide bonds. The quantitative estimate of drug-likeness (QED) is 0.354. The number of hydrogen-bond donors (Lipinski definition) is 1. The lowest BCUT2D eigenvalue weighted by atomic mass is 11.3. The standard InChI is InChI=1S/C2H4.HO2P/c1-2;1-3-2/h1-2H2;3H/p+1. The average molecular weight is 93.0 g/mol. The van der Waals surface area contributed by atoms with E-state index in [0.29, 0.717) is 0 Å². The highest BCUT2D eigenvalue weighted by molar-refractivity contribution is 7.16. The molecule has 0 fully saturated rings. The highest BCUT2D eigenvalue weighted by atomic mass is 31.1. The van der Waals surface area contributed by atoms with E-state index in [-0.39, 0.29) is 0 Å². The molecule has 3 heteroatoms. The molecule has 30 valence electrons. The van der Waals surface area contributed by atoms with Crippen molar-refractivity contribution in [2.75, 3.05) is 0 Å². The second kappa shape index (κ2) is 46.5. The van der Waals surface area contributed by atoms with E-state index in [2.05, 4.69) is 13.2 Å². The Balaban J connectivity index is 0. The minimum atomic E-state index is -1.17.